The Morgan fingerprint density at radius 1 is 1.39 bits per heavy atom. The number of anilines is 2. The molecule has 0 aliphatic carbocycles. The largest absolute Gasteiger partial charge is 0.357 e. The molecule has 0 spiro atoms. The van der Waals surface area contributed by atoms with Gasteiger partial charge in [0.15, 0.2) is 0 Å². The molecule has 1 aliphatic heterocycles. The third-order valence-electron chi connectivity index (χ3n) is 2.98. The van der Waals surface area contributed by atoms with Crippen molar-refractivity contribution < 1.29 is 4.79 Å². The fraction of sp³-hybridized carbons (Fsp3) is 0.538. The summed E-state index contributed by atoms with van der Waals surface area (Å²) in [5, 5.41) is 2.83. The molecule has 0 atom stereocenters. The van der Waals surface area contributed by atoms with E-state index in [4.69, 9.17) is 0 Å². The summed E-state index contributed by atoms with van der Waals surface area (Å²) >= 11 is 3.33. The maximum atomic E-state index is 11.8. The molecular formula is C13H18BrN3O. The van der Waals surface area contributed by atoms with Gasteiger partial charge >= 0.3 is 0 Å². The van der Waals surface area contributed by atoms with E-state index in [0.29, 0.717) is 0 Å². The van der Waals surface area contributed by atoms with E-state index in [1.165, 1.54) is 12.8 Å². The number of halogens is 1. The van der Waals surface area contributed by atoms with Crippen LogP contribution in [0.15, 0.2) is 18.3 Å². The summed E-state index contributed by atoms with van der Waals surface area (Å²) in [5.41, 5.74) is 0.732. The third kappa shape index (κ3) is 3.22. The lowest BCUT2D eigenvalue weighted by molar-refractivity contribution is -0.117. The SMILES string of the molecule is CC(C)(Br)C(=O)Nc1ccc(N2CCCC2)nc1. The van der Waals surface area contributed by atoms with Gasteiger partial charge in [0.1, 0.15) is 5.82 Å². The van der Waals surface area contributed by atoms with Crippen LogP contribution < -0.4 is 10.2 Å². The van der Waals surface area contributed by atoms with Crippen LogP contribution in [0.4, 0.5) is 11.5 Å². The number of hydrogen-bond donors (Lipinski definition) is 1. The highest BCUT2D eigenvalue weighted by atomic mass is 79.9. The first-order valence-corrected chi connectivity index (χ1v) is 6.97. The van der Waals surface area contributed by atoms with Crippen LogP contribution in [0.25, 0.3) is 0 Å². The highest BCUT2D eigenvalue weighted by Gasteiger charge is 2.23. The number of nitrogens with one attached hydrogen (secondary N) is 1. The number of nitrogens with zero attached hydrogens (tertiary/aromatic N) is 2. The molecule has 0 bridgehead atoms. The number of hydrogen-bond acceptors (Lipinski definition) is 3. The van der Waals surface area contributed by atoms with Gasteiger partial charge in [0, 0.05) is 13.1 Å². The highest BCUT2D eigenvalue weighted by Crippen LogP contribution is 2.21. The van der Waals surface area contributed by atoms with Crippen LogP contribution in [0, 0.1) is 0 Å². The maximum absolute atomic E-state index is 11.8. The predicted octanol–water partition coefficient (Wildman–Crippen LogP) is 2.79. The molecule has 4 nitrogen and oxygen atoms in total. The van der Waals surface area contributed by atoms with Gasteiger partial charge in [-0.25, -0.2) is 4.98 Å². The van der Waals surface area contributed by atoms with Crippen LogP contribution in [-0.4, -0.2) is 28.3 Å². The lowest BCUT2D eigenvalue weighted by Crippen LogP contribution is -2.31. The number of pyridine rings is 1. The van der Waals surface area contributed by atoms with E-state index < -0.39 is 4.32 Å². The topological polar surface area (TPSA) is 45.2 Å². The predicted molar refractivity (Wildman–Crippen MR) is 77.3 cm³/mol. The normalized spacial score (nSPS) is 15.8. The van der Waals surface area contributed by atoms with Crippen molar-refractivity contribution in [2.75, 3.05) is 23.3 Å². The molecule has 1 saturated heterocycles. The van der Waals surface area contributed by atoms with Crippen molar-refractivity contribution in [1.82, 2.24) is 4.98 Å². The second-order valence-electron chi connectivity index (χ2n) is 5.03. The van der Waals surface area contributed by atoms with Gasteiger partial charge in [0.2, 0.25) is 5.91 Å². The molecule has 98 valence electrons. The summed E-state index contributed by atoms with van der Waals surface area (Å²) in [6.07, 6.45) is 4.18. The van der Waals surface area contributed by atoms with E-state index in [-0.39, 0.29) is 5.91 Å². The zero-order valence-corrected chi connectivity index (χ0v) is 12.3. The first kappa shape index (κ1) is 13.3. The van der Waals surface area contributed by atoms with E-state index in [0.717, 1.165) is 24.6 Å². The van der Waals surface area contributed by atoms with Crippen molar-refractivity contribution in [3.05, 3.63) is 18.3 Å². The Labute approximate surface area is 116 Å². The molecule has 1 aromatic heterocycles. The van der Waals surface area contributed by atoms with Gasteiger partial charge in [-0.1, -0.05) is 15.9 Å². The molecule has 2 heterocycles. The molecular weight excluding hydrogens is 294 g/mol. The van der Waals surface area contributed by atoms with Gasteiger partial charge in [-0.2, -0.15) is 0 Å². The van der Waals surface area contributed by atoms with Gasteiger partial charge in [0.05, 0.1) is 16.2 Å². The highest BCUT2D eigenvalue weighted by molar-refractivity contribution is 9.10. The Hall–Kier alpha value is -1.10. The molecule has 1 fully saturated rings. The number of rotatable bonds is 3. The van der Waals surface area contributed by atoms with Crippen molar-refractivity contribution >= 4 is 33.3 Å². The maximum Gasteiger partial charge on any atom is 0.240 e. The second-order valence-corrected chi connectivity index (χ2v) is 7.01. The minimum atomic E-state index is -0.569. The van der Waals surface area contributed by atoms with Crippen molar-refractivity contribution in [2.24, 2.45) is 0 Å². The number of carbonyl (C=O) groups is 1. The number of carbonyl (C=O) groups excluding carboxylic acids is 1. The molecule has 1 aromatic rings. The van der Waals surface area contributed by atoms with Crippen molar-refractivity contribution in [2.45, 2.75) is 31.0 Å². The summed E-state index contributed by atoms with van der Waals surface area (Å²) in [7, 11) is 0. The van der Waals surface area contributed by atoms with Gasteiger partial charge in [0.25, 0.3) is 0 Å². The van der Waals surface area contributed by atoms with Crippen LogP contribution in [0.5, 0.6) is 0 Å². The summed E-state index contributed by atoms with van der Waals surface area (Å²) in [4.78, 5) is 18.4. The Bertz CT molecular complexity index is 419. The smallest absolute Gasteiger partial charge is 0.240 e. The zero-order chi connectivity index (χ0) is 13.2. The molecule has 0 saturated carbocycles. The number of alkyl halides is 1. The summed E-state index contributed by atoms with van der Waals surface area (Å²) in [5.74, 6) is 0.918. The van der Waals surface area contributed by atoms with Crippen LogP contribution in [0.1, 0.15) is 26.7 Å². The fourth-order valence-corrected chi connectivity index (χ4v) is 1.97. The number of amides is 1. The monoisotopic (exact) mass is 311 g/mol. The van der Waals surface area contributed by atoms with Gasteiger partial charge in [-0.3, -0.25) is 4.79 Å². The van der Waals surface area contributed by atoms with E-state index in [9.17, 15) is 4.79 Å². The van der Waals surface area contributed by atoms with Crippen LogP contribution >= 0.6 is 15.9 Å². The van der Waals surface area contributed by atoms with E-state index >= 15 is 0 Å². The zero-order valence-electron chi connectivity index (χ0n) is 10.7. The Morgan fingerprint density at radius 3 is 2.56 bits per heavy atom. The quantitative estimate of drug-likeness (QED) is 0.873. The molecule has 1 aliphatic rings. The second kappa shape index (κ2) is 5.26. The van der Waals surface area contributed by atoms with E-state index in [1.54, 1.807) is 6.20 Å². The molecule has 1 amide bonds. The minimum Gasteiger partial charge on any atom is -0.357 e. The molecule has 2 rings (SSSR count). The molecule has 5 heteroatoms. The first-order chi connectivity index (χ1) is 8.47. The van der Waals surface area contributed by atoms with Crippen LogP contribution in [0.2, 0.25) is 0 Å². The van der Waals surface area contributed by atoms with Gasteiger partial charge in [-0.05, 0) is 38.8 Å². The van der Waals surface area contributed by atoms with Gasteiger partial charge < -0.3 is 10.2 Å². The van der Waals surface area contributed by atoms with E-state index in [2.05, 4.69) is 31.1 Å². The molecule has 0 unspecified atom stereocenters. The lowest BCUT2D eigenvalue weighted by atomic mass is 10.2. The number of aromatic nitrogens is 1. The lowest BCUT2D eigenvalue weighted by Gasteiger charge is -2.18. The Morgan fingerprint density at radius 2 is 2.06 bits per heavy atom. The Kier molecular flexibility index (Phi) is 3.90. The third-order valence-corrected chi connectivity index (χ3v) is 3.34. The summed E-state index contributed by atoms with van der Waals surface area (Å²) in [6.45, 7) is 5.78. The molecule has 0 radical (unpaired) electrons. The standard InChI is InChI=1S/C13H18BrN3O/c1-13(2,14)12(18)16-10-5-6-11(15-9-10)17-7-3-4-8-17/h5-6,9H,3-4,7-8H2,1-2H3,(H,16,18). The van der Waals surface area contributed by atoms with Crippen molar-refractivity contribution in [3.63, 3.8) is 0 Å². The summed E-state index contributed by atoms with van der Waals surface area (Å²) < 4.78 is -0.569. The molecule has 1 N–H and O–H groups in total. The molecule has 18 heavy (non-hydrogen) atoms. The fourth-order valence-electron chi connectivity index (χ4n) is 1.87. The van der Waals surface area contributed by atoms with E-state index in [1.807, 2.05) is 26.0 Å². The van der Waals surface area contributed by atoms with Crippen LogP contribution in [0.3, 0.4) is 0 Å². The van der Waals surface area contributed by atoms with Crippen LogP contribution in [-0.2, 0) is 4.79 Å². The molecule has 0 aromatic carbocycles. The summed E-state index contributed by atoms with van der Waals surface area (Å²) in [6, 6.07) is 3.86. The van der Waals surface area contributed by atoms with Crippen molar-refractivity contribution in [1.29, 1.82) is 0 Å². The minimum absolute atomic E-state index is 0.0711. The van der Waals surface area contributed by atoms with Gasteiger partial charge in [-0.15, -0.1) is 0 Å². The average molecular weight is 312 g/mol. The Balaban J connectivity index is 2.01. The first-order valence-electron chi connectivity index (χ1n) is 6.18. The van der Waals surface area contributed by atoms with Crippen molar-refractivity contribution in [3.8, 4) is 0 Å². The average Bonchev–Trinajstić information content (AvgIpc) is 2.82.